The van der Waals surface area contributed by atoms with Crippen LogP contribution in [0.3, 0.4) is 0 Å². The molecule has 0 amide bonds. The van der Waals surface area contributed by atoms with Gasteiger partial charge in [0.2, 0.25) is 0 Å². The Labute approximate surface area is 114 Å². The molecule has 0 bridgehead atoms. The molecular weight excluding hydrogens is 230 g/mol. The molecule has 1 aliphatic heterocycles. The van der Waals surface area contributed by atoms with E-state index in [0.717, 1.165) is 18.4 Å². The number of benzene rings is 2. The highest BCUT2D eigenvalue weighted by atomic mass is 14.9. The average molecular weight is 249 g/mol. The first kappa shape index (κ1) is 11.1. The number of para-hydroxylation sites is 1. The fourth-order valence-corrected chi connectivity index (χ4v) is 3.65. The van der Waals surface area contributed by atoms with E-state index in [1.807, 2.05) is 0 Å². The van der Waals surface area contributed by atoms with E-state index in [0.29, 0.717) is 0 Å². The second-order valence-corrected chi connectivity index (χ2v) is 5.94. The van der Waals surface area contributed by atoms with Gasteiger partial charge in [0, 0.05) is 12.2 Å². The van der Waals surface area contributed by atoms with Crippen molar-refractivity contribution in [2.45, 2.75) is 25.2 Å². The minimum atomic E-state index is 0.785. The standard InChI is InChI=1S/C18H19N/c1-3-7-17-14(5-1)11-16(17)10-13-9-15-6-2-4-8-18(15)19-12-13/h1-8,13,16,19H,9-12H2. The smallest absolute Gasteiger partial charge is 0.0372 e. The molecule has 0 saturated carbocycles. The SMILES string of the molecule is c1ccc2c(c1)CC(CC1Cc3ccccc31)CN2. The molecule has 1 heteroatoms. The summed E-state index contributed by atoms with van der Waals surface area (Å²) in [6, 6.07) is 17.7. The van der Waals surface area contributed by atoms with E-state index < -0.39 is 0 Å². The van der Waals surface area contributed by atoms with Crippen molar-refractivity contribution in [3.8, 4) is 0 Å². The third-order valence-electron chi connectivity index (χ3n) is 4.69. The highest BCUT2D eigenvalue weighted by Gasteiger charge is 2.29. The molecular formula is C18H19N. The molecule has 0 saturated heterocycles. The van der Waals surface area contributed by atoms with Gasteiger partial charge in [-0.25, -0.2) is 0 Å². The first-order chi connectivity index (χ1) is 9.40. The van der Waals surface area contributed by atoms with Crippen LogP contribution >= 0.6 is 0 Å². The highest BCUT2D eigenvalue weighted by molar-refractivity contribution is 5.53. The van der Waals surface area contributed by atoms with Gasteiger partial charge in [-0.2, -0.15) is 0 Å². The van der Waals surface area contributed by atoms with Crippen LogP contribution in [-0.4, -0.2) is 6.54 Å². The number of hydrogen-bond acceptors (Lipinski definition) is 1. The van der Waals surface area contributed by atoms with Crippen molar-refractivity contribution < 1.29 is 0 Å². The second kappa shape index (κ2) is 4.41. The average Bonchev–Trinajstić information content (AvgIpc) is 2.45. The minimum absolute atomic E-state index is 0.785. The van der Waals surface area contributed by atoms with Crippen molar-refractivity contribution >= 4 is 5.69 Å². The van der Waals surface area contributed by atoms with Crippen molar-refractivity contribution in [2.75, 3.05) is 11.9 Å². The van der Waals surface area contributed by atoms with E-state index in [2.05, 4.69) is 53.8 Å². The predicted molar refractivity (Wildman–Crippen MR) is 79.6 cm³/mol. The third-order valence-corrected chi connectivity index (χ3v) is 4.69. The Bertz CT molecular complexity index is 602. The number of fused-ring (bicyclic) bond motifs is 2. The lowest BCUT2D eigenvalue weighted by molar-refractivity contribution is 0.415. The lowest BCUT2D eigenvalue weighted by Crippen LogP contribution is -2.28. The van der Waals surface area contributed by atoms with Crippen LogP contribution < -0.4 is 5.32 Å². The predicted octanol–water partition coefficient (Wildman–Crippen LogP) is 4.00. The molecule has 1 heterocycles. The molecule has 2 aliphatic rings. The molecule has 1 N–H and O–H groups in total. The lowest BCUT2D eigenvalue weighted by Gasteiger charge is -2.35. The van der Waals surface area contributed by atoms with E-state index >= 15 is 0 Å². The van der Waals surface area contributed by atoms with Crippen molar-refractivity contribution in [3.05, 3.63) is 65.2 Å². The van der Waals surface area contributed by atoms with Crippen LogP contribution in [0.4, 0.5) is 5.69 Å². The molecule has 0 aromatic heterocycles. The van der Waals surface area contributed by atoms with E-state index in [4.69, 9.17) is 0 Å². The molecule has 2 aromatic rings. The van der Waals surface area contributed by atoms with Crippen LogP contribution in [0.2, 0.25) is 0 Å². The van der Waals surface area contributed by atoms with Crippen molar-refractivity contribution in [1.29, 1.82) is 0 Å². The summed E-state index contributed by atoms with van der Waals surface area (Å²) in [5.41, 5.74) is 6.00. The molecule has 2 atom stereocenters. The van der Waals surface area contributed by atoms with E-state index in [1.165, 1.54) is 30.5 Å². The summed E-state index contributed by atoms with van der Waals surface area (Å²) < 4.78 is 0. The molecule has 2 aromatic carbocycles. The Balaban J connectivity index is 1.47. The summed E-state index contributed by atoms with van der Waals surface area (Å²) >= 11 is 0. The van der Waals surface area contributed by atoms with Gasteiger partial charge in [0.15, 0.2) is 0 Å². The molecule has 96 valence electrons. The lowest BCUT2D eigenvalue weighted by atomic mass is 9.72. The zero-order valence-corrected chi connectivity index (χ0v) is 11.1. The van der Waals surface area contributed by atoms with Crippen molar-refractivity contribution in [1.82, 2.24) is 0 Å². The van der Waals surface area contributed by atoms with E-state index in [9.17, 15) is 0 Å². The van der Waals surface area contributed by atoms with Gasteiger partial charge in [-0.05, 0) is 53.9 Å². The molecule has 2 unspecified atom stereocenters. The maximum atomic E-state index is 3.59. The molecule has 19 heavy (non-hydrogen) atoms. The van der Waals surface area contributed by atoms with Gasteiger partial charge in [0.1, 0.15) is 0 Å². The van der Waals surface area contributed by atoms with Gasteiger partial charge in [0.25, 0.3) is 0 Å². The Morgan fingerprint density at radius 1 is 0.895 bits per heavy atom. The summed E-state index contributed by atoms with van der Waals surface area (Å²) in [6.45, 7) is 1.13. The molecule has 4 rings (SSSR count). The van der Waals surface area contributed by atoms with Gasteiger partial charge in [0.05, 0.1) is 0 Å². The van der Waals surface area contributed by atoms with Crippen molar-refractivity contribution in [2.24, 2.45) is 5.92 Å². The van der Waals surface area contributed by atoms with Crippen LogP contribution in [0.15, 0.2) is 48.5 Å². The quantitative estimate of drug-likeness (QED) is 0.848. The van der Waals surface area contributed by atoms with Crippen LogP contribution in [0, 0.1) is 5.92 Å². The monoisotopic (exact) mass is 249 g/mol. The van der Waals surface area contributed by atoms with Crippen LogP contribution in [0.5, 0.6) is 0 Å². The largest absolute Gasteiger partial charge is 0.385 e. The maximum Gasteiger partial charge on any atom is 0.0372 e. The van der Waals surface area contributed by atoms with Gasteiger partial charge < -0.3 is 5.32 Å². The first-order valence-corrected chi connectivity index (χ1v) is 7.30. The number of hydrogen-bond donors (Lipinski definition) is 1. The summed E-state index contributed by atoms with van der Waals surface area (Å²) in [5, 5.41) is 3.59. The zero-order chi connectivity index (χ0) is 12.7. The van der Waals surface area contributed by atoms with Gasteiger partial charge in [-0.15, -0.1) is 0 Å². The maximum absolute atomic E-state index is 3.59. The summed E-state index contributed by atoms with van der Waals surface area (Å²) in [6.07, 6.45) is 3.86. The first-order valence-electron chi connectivity index (χ1n) is 7.30. The van der Waals surface area contributed by atoms with Crippen LogP contribution in [-0.2, 0) is 12.8 Å². The van der Waals surface area contributed by atoms with Gasteiger partial charge >= 0.3 is 0 Å². The molecule has 1 aliphatic carbocycles. The normalized spacial score (nSPS) is 23.8. The molecule has 0 fully saturated rings. The Hall–Kier alpha value is -1.76. The molecule has 0 radical (unpaired) electrons. The highest BCUT2D eigenvalue weighted by Crippen LogP contribution is 2.40. The Morgan fingerprint density at radius 3 is 2.58 bits per heavy atom. The number of anilines is 1. The Morgan fingerprint density at radius 2 is 1.68 bits per heavy atom. The van der Waals surface area contributed by atoms with Gasteiger partial charge in [-0.3, -0.25) is 0 Å². The molecule has 1 nitrogen and oxygen atoms in total. The van der Waals surface area contributed by atoms with Crippen LogP contribution in [0.25, 0.3) is 0 Å². The summed E-state index contributed by atoms with van der Waals surface area (Å²) in [7, 11) is 0. The number of nitrogens with one attached hydrogen (secondary N) is 1. The topological polar surface area (TPSA) is 12.0 Å². The second-order valence-electron chi connectivity index (χ2n) is 5.94. The number of rotatable bonds is 2. The fourth-order valence-electron chi connectivity index (χ4n) is 3.65. The molecule has 0 spiro atoms. The summed E-state index contributed by atoms with van der Waals surface area (Å²) in [5.74, 6) is 1.58. The van der Waals surface area contributed by atoms with E-state index in [1.54, 1.807) is 11.1 Å². The van der Waals surface area contributed by atoms with Crippen LogP contribution in [0.1, 0.15) is 29.0 Å². The fraction of sp³-hybridized carbons (Fsp3) is 0.333. The third kappa shape index (κ3) is 1.94. The minimum Gasteiger partial charge on any atom is -0.385 e. The van der Waals surface area contributed by atoms with Gasteiger partial charge in [-0.1, -0.05) is 42.5 Å². The summed E-state index contributed by atoms with van der Waals surface area (Å²) in [4.78, 5) is 0. The van der Waals surface area contributed by atoms with E-state index in [-0.39, 0.29) is 0 Å². The zero-order valence-electron chi connectivity index (χ0n) is 11.1. The Kier molecular flexibility index (Phi) is 2.58. The van der Waals surface area contributed by atoms with Crippen molar-refractivity contribution in [3.63, 3.8) is 0 Å².